The third kappa shape index (κ3) is 4.22. The molecule has 0 saturated heterocycles. The largest absolute Gasteiger partial charge is 0.494 e. The van der Waals surface area contributed by atoms with Crippen LogP contribution in [0, 0.1) is 5.82 Å². The van der Waals surface area contributed by atoms with E-state index in [1.54, 1.807) is 25.1 Å². The lowest BCUT2D eigenvalue weighted by Crippen LogP contribution is -2.14. The molecule has 27 heavy (non-hydrogen) atoms. The standard InChI is InChI=1S/C19H17FN2O4S/c1-3-26-18(24)12-4-6-14-17(9-12)27-19(22-14)21-10-15(23)11-5-7-16(25-2)13(20)8-11/h4-9H,3,10H2,1-2H3,(H,21,22). The fourth-order valence-electron chi connectivity index (χ4n) is 2.44. The van der Waals surface area contributed by atoms with Gasteiger partial charge in [0.2, 0.25) is 0 Å². The maximum atomic E-state index is 13.7. The van der Waals surface area contributed by atoms with Crippen LogP contribution in [-0.4, -0.2) is 37.0 Å². The Bertz CT molecular complexity index is 1000. The van der Waals surface area contributed by atoms with E-state index in [-0.39, 0.29) is 29.6 Å². The zero-order valence-electron chi connectivity index (χ0n) is 14.7. The lowest BCUT2D eigenvalue weighted by atomic mass is 10.1. The van der Waals surface area contributed by atoms with E-state index in [0.717, 1.165) is 10.8 Å². The third-order valence-electron chi connectivity index (χ3n) is 3.77. The molecule has 0 aliphatic heterocycles. The molecule has 3 aromatic rings. The molecule has 140 valence electrons. The number of aromatic nitrogens is 1. The number of carbonyl (C=O) groups excluding carboxylic acids is 2. The number of rotatable bonds is 7. The Kier molecular flexibility index (Phi) is 5.66. The number of halogens is 1. The van der Waals surface area contributed by atoms with Crippen LogP contribution in [0.25, 0.3) is 10.2 Å². The van der Waals surface area contributed by atoms with E-state index >= 15 is 0 Å². The first-order valence-electron chi connectivity index (χ1n) is 8.20. The molecule has 8 heteroatoms. The number of benzene rings is 2. The molecule has 3 rings (SSSR count). The Morgan fingerprint density at radius 2 is 1.96 bits per heavy atom. The molecule has 0 aliphatic rings. The molecule has 0 radical (unpaired) electrons. The van der Waals surface area contributed by atoms with Crippen LogP contribution in [0.5, 0.6) is 5.75 Å². The van der Waals surface area contributed by atoms with Gasteiger partial charge in [-0.3, -0.25) is 4.79 Å². The second kappa shape index (κ2) is 8.13. The maximum absolute atomic E-state index is 13.7. The van der Waals surface area contributed by atoms with Crippen molar-refractivity contribution in [1.29, 1.82) is 0 Å². The van der Waals surface area contributed by atoms with Gasteiger partial charge < -0.3 is 14.8 Å². The van der Waals surface area contributed by atoms with Crippen LogP contribution in [0.15, 0.2) is 36.4 Å². The van der Waals surface area contributed by atoms with Gasteiger partial charge in [0.15, 0.2) is 22.5 Å². The first-order chi connectivity index (χ1) is 13.0. The molecule has 1 N–H and O–H groups in total. The van der Waals surface area contributed by atoms with E-state index in [9.17, 15) is 14.0 Å². The average molecular weight is 388 g/mol. The zero-order chi connectivity index (χ0) is 19.4. The molecule has 0 unspecified atom stereocenters. The minimum Gasteiger partial charge on any atom is -0.494 e. The summed E-state index contributed by atoms with van der Waals surface area (Å²) in [6, 6.07) is 9.15. The number of fused-ring (bicyclic) bond motifs is 1. The first kappa shape index (κ1) is 18.8. The number of thiazole rings is 1. The van der Waals surface area contributed by atoms with Crippen molar-refractivity contribution in [2.24, 2.45) is 0 Å². The molecule has 0 atom stereocenters. The number of esters is 1. The van der Waals surface area contributed by atoms with E-state index in [4.69, 9.17) is 9.47 Å². The first-order valence-corrected chi connectivity index (χ1v) is 9.01. The predicted molar refractivity (Wildman–Crippen MR) is 101 cm³/mol. The number of hydrogen-bond acceptors (Lipinski definition) is 7. The number of ketones is 1. The summed E-state index contributed by atoms with van der Waals surface area (Å²) in [6.07, 6.45) is 0. The van der Waals surface area contributed by atoms with Crippen LogP contribution < -0.4 is 10.1 Å². The summed E-state index contributed by atoms with van der Waals surface area (Å²) in [5.41, 5.74) is 1.40. The highest BCUT2D eigenvalue weighted by molar-refractivity contribution is 7.22. The molecule has 0 fully saturated rings. The highest BCUT2D eigenvalue weighted by Crippen LogP contribution is 2.27. The second-order valence-electron chi connectivity index (χ2n) is 5.55. The van der Waals surface area contributed by atoms with Crippen molar-refractivity contribution in [3.05, 3.63) is 53.3 Å². The molecule has 1 aromatic heterocycles. The zero-order valence-corrected chi connectivity index (χ0v) is 15.6. The molecular formula is C19H17FN2O4S. The van der Waals surface area contributed by atoms with Crippen LogP contribution in [0.2, 0.25) is 0 Å². The van der Waals surface area contributed by atoms with Gasteiger partial charge in [0, 0.05) is 5.56 Å². The Morgan fingerprint density at radius 1 is 1.19 bits per heavy atom. The van der Waals surface area contributed by atoms with Gasteiger partial charge >= 0.3 is 5.97 Å². The van der Waals surface area contributed by atoms with Crippen LogP contribution in [0.1, 0.15) is 27.6 Å². The highest BCUT2D eigenvalue weighted by Gasteiger charge is 2.13. The van der Waals surface area contributed by atoms with Gasteiger partial charge in [0.25, 0.3) is 0 Å². The van der Waals surface area contributed by atoms with Gasteiger partial charge in [-0.25, -0.2) is 14.2 Å². The summed E-state index contributed by atoms with van der Waals surface area (Å²) >= 11 is 1.32. The van der Waals surface area contributed by atoms with Crippen LogP contribution in [0.4, 0.5) is 9.52 Å². The Labute approximate surface area is 158 Å². The molecule has 0 saturated carbocycles. The molecule has 0 bridgehead atoms. The second-order valence-corrected chi connectivity index (χ2v) is 6.58. The van der Waals surface area contributed by atoms with Gasteiger partial charge in [0.05, 0.1) is 36.0 Å². The number of hydrogen-bond donors (Lipinski definition) is 1. The van der Waals surface area contributed by atoms with E-state index in [1.807, 2.05) is 0 Å². The lowest BCUT2D eigenvalue weighted by molar-refractivity contribution is 0.0526. The number of anilines is 1. The molecular weight excluding hydrogens is 371 g/mol. The molecule has 2 aromatic carbocycles. The van der Waals surface area contributed by atoms with Crippen LogP contribution in [0.3, 0.4) is 0 Å². The van der Waals surface area contributed by atoms with Crippen molar-refractivity contribution in [3.8, 4) is 5.75 Å². The van der Waals surface area contributed by atoms with Gasteiger partial charge in [-0.1, -0.05) is 11.3 Å². The summed E-state index contributed by atoms with van der Waals surface area (Å²) in [7, 11) is 1.36. The number of Topliss-reactive ketones (excluding diaryl/α,β-unsaturated/α-hetero) is 1. The van der Waals surface area contributed by atoms with Gasteiger partial charge in [0.1, 0.15) is 0 Å². The molecule has 0 spiro atoms. The average Bonchev–Trinajstić information content (AvgIpc) is 3.08. The number of nitrogens with one attached hydrogen (secondary N) is 1. The highest BCUT2D eigenvalue weighted by atomic mass is 32.1. The number of nitrogens with zero attached hydrogens (tertiary/aromatic N) is 1. The van der Waals surface area contributed by atoms with Crippen LogP contribution >= 0.6 is 11.3 Å². The van der Waals surface area contributed by atoms with Crippen molar-refractivity contribution in [3.63, 3.8) is 0 Å². The Balaban J connectivity index is 1.70. The van der Waals surface area contributed by atoms with E-state index in [1.165, 1.54) is 30.6 Å². The summed E-state index contributed by atoms with van der Waals surface area (Å²) in [5.74, 6) is -1.17. The van der Waals surface area contributed by atoms with Crippen molar-refractivity contribution in [2.45, 2.75) is 6.92 Å². The quantitative estimate of drug-likeness (QED) is 0.488. The minimum atomic E-state index is -0.588. The Morgan fingerprint density at radius 3 is 2.67 bits per heavy atom. The smallest absolute Gasteiger partial charge is 0.338 e. The number of ether oxygens (including phenoxy) is 2. The molecule has 1 heterocycles. The summed E-state index contributed by atoms with van der Waals surface area (Å²) in [5, 5.41) is 3.48. The monoisotopic (exact) mass is 388 g/mol. The normalized spacial score (nSPS) is 10.6. The fourth-order valence-corrected chi connectivity index (χ4v) is 3.34. The molecule has 6 nitrogen and oxygen atoms in total. The molecule has 0 amide bonds. The van der Waals surface area contributed by atoms with Crippen molar-refractivity contribution in [2.75, 3.05) is 25.6 Å². The minimum absolute atomic E-state index is 0.0314. The molecule has 0 aliphatic carbocycles. The van der Waals surface area contributed by atoms with Gasteiger partial charge in [-0.15, -0.1) is 0 Å². The summed E-state index contributed by atoms with van der Waals surface area (Å²) in [4.78, 5) is 28.4. The predicted octanol–water partition coefficient (Wildman–Crippen LogP) is 3.92. The fraction of sp³-hybridized carbons (Fsp3) is 0.211. The number of carbonyl (C=O) groups is 2. The van der Waals surface area contributed by atoms with E-state index in [2.05, 4.69) is 10.3 Å². The Hall–Kier alpha value is -3.00. The van der Waals surface area contributed by atoms with E-state index in [0.29, 0.717) is 22.8 Å². The third-order valence-corrected chi connectivity index (χ3v) is 4.75. The SMILES string of the molecule is CCOC(=O)c1ccc2nc(NCC(=O)c3ccc(OC)c(F)c3)sc2c1. The lowest BCUT2D eigenvalue weighted by Gasteiger charge is -2.05. The van der Waals surface area contributed by atoms with Crippen molar-refractivity contribution >= 4 is 38.4 Å². The topological polar surface area (TPSA) is 77.5 Å². The van der Waals surface area contributed by atoms with Crippen LogP contribution in [-0.2, 0) is 4.74 Å². The van der Waals surface area contributed by atoms with Gasteiger partial charge in [-0.05, 0) is 43.3 Å². The van der Waals surface area contributed by atoms with Crippen molar-refractivity contribution in [1.82, 2.24) is 4.98 Å². The van der Waals surface area contributed by atoms with Crippen molar-refractivity contribution < 1.29 is 23.5 Å². The van der Waals surface area contributed by atoms with Gasteiger partial charge in [-0.2, -0.15) is 0 Å². The summed E-state index contributed by atoms with van der Waals surface area (Å²) in [6.45, 7) is 2.02. The number of methoxy groups -OCH3 is 1. The summed E-state index contributed by atoms with van der Waals surface area (Å²) < 4.78 is 24.3. The maximum Gasteiger partial charge on any atom is 0.338 e. The van der Waals surface area contributed by atoms with E-state index < -0.39 is 5.82 Å².